The van der Waals surface area contributed by atoms with Crippen LogP contribution in [0.5, 0.6) is 0 Å². The molecule has 19 heteroatoms. The highest BCUT2D eigenvalue weighted by molar-refractivity contribution is 5.88. The minimum Gasteiger partial charge on any atom is -0.394 e. The van der Waals surface area contributed by atoms with E-state index in [9.17, 15) is 61.0 Å². The zero-order valence-corrected chi connectivity index (χ0v) is 21.3. The molecule has 0 spiro atoms. The summed E-state index contributed by atoms with van der Waals surface area (Å²) < 4.78 is 21.0. The van der Waals surface area contributed by atoms with Crippen LogP contribution in [0.4, 0.5) is 0 Å². The van der Waals surface area contributed by atoms with E-state index in [4.69, 9.17) is 24.5 Å². The van der Waals surface area contributed by atoms with Crippen LogP contribution in [0, 0.1) is 0 Å². The van der Waals surface area contributed by atoms with E-state index in [0.717, 1.165) is 0 Å². The third-order valence-corrected chi connectivity index (χ3v) is 6.64. The molecule has 1 unspecified atom stereocenters. The molecule has 2 aliphatic heterocycles. The normalized spacial score (nSPS) is 38.5. The van der Waals surface area contributed by atoms with Crippen LogP contribution in [-0.4, -0.2) is 174 Å². The smallest absolute Gasteiger partial charge is 0.186 e. The van der Waals surface area contributed by atoms with Crippen molar-refractivity contribution in [2.45, 2.75) is 105 Å². The highest BCUT2D eigenvalue weighted by atomic mass is 16.7. The van der Waals surface area contributed by atoms with Gasteiger partial charge in [0.1, 0.15) is 73.2 Å². The zero-order chi connectivity index (χ0) is 30.3. The molecule has 2 rings (SSSR count). The Morgan fingerprint density at radius 1 is 0.850 bits per heavy atom. The Balaban J connectivity index is 1.97. The van der Waals surface area contributed by atoms with Crippen LogP contribution >= 0.6 is 0 Å². The van der Waals surface area contributed by atoms with Crippen molar-refractivity contribution in [3.63, 3.8) is 0 Å². The van der Waals surface area contributed by atoms with Crippen molar-refractivity contribution in [2.24, 2.45) is 5.11 Å². The lowest BCUT2D eigenvalue weighted by Crippen LogP contribution is -2.62. The molecule has 2 aliphatic rings. The van der Waals surface area contributed by atoms with Crippen LogP contribution in [0.25, 0.3) is 10.4 Å². The number of ether oxygens (including phenoxy) is 4. The Hall–Kier alpha value is -1.62. The van der Waals surface area contributed by atoms with E-state index in [1.165, 1.54) is 6.92 Å². The molecule has 0 aliphatic carbocycles. The quantitative estimate of drug-likeness (QED) is 0.0511. The van der Waals surface area contributed by atoms with Gasteiger partial charge in [-0.1, -0.05) is 12.0 Å². The predicted octanol–water partition coefficient (Wildman–Crippen LogP) is -6.27. The van der Waals surface area contributed by atoms with Gasteiger partial charge < -0.3 is 75.1 Å². The topological polar surface area (TPSA) is 325 Å². The molecule has 2 heterocycles. The lowest BCUT2D eigenvalue weighted by atomic mass is 9.96. The number of hydrogen-bond donors (Lipinski definition) is 11. The Labute approximate surface area is 227 Å². The van der Waals surface area contributed by atoms with E-state index in [1.807, 2.05) is 0 Å². The second kappa shape index (κ2) is 15.6. The average molecular weight is 588 g/mol. The molecular formula is C21H37N3O16. The summed E-state index contributed by atoms with van der Waals surface area (Å²) in [4.78, 5) is 14.6. The maximum atomic E-state index is 12.2. The minimum atomic E-state index is -2.24. The average Bonchev–Trinajstić information content (AvgIpc) is 2.95. The Bertz CT molecular complexity index is 849. The van der Waals surface area contributed by atoms with E-state index >= 15 is 0 Å². The van der Waals surface area contributed by atoms with E-state index in [-0.39, 0.29) is 6.42 Å². The molecule has 0 aromatic heterocycles. The highest BCUT2D eigenvalue weighted by Gasteiger charge is 2.48. The number of aliphatic hydroxyl groups is 11. The summed E-state index contributed by atoms with van der Waals surface area (Å²) in [6.07, 6.45) is -25.5. The molecule has 15 atom stereocenters. The van der Waals surface area contributed by atoms with Gasteiger partial charge in [0.05, 0.1) is 25.9 Å². The van der Waals surface area contributed by atoms with Gasteiger partial charge in [-0.15, -0.1) is 0 Å². The number of carbonyl (C=O) groups is 1. The van der Waals surface area contributed by atoms with Crippen molar-refractivity contribution >= 4 is 5.78 Å². The van der Waals surface area contributed by atoms with Gasteiger partial charge in [-0.05, 0) is 12.0 Å². The lowest BCUT2D eigenvalue weighted by Gasteiger charge is -2.42. The first kappa shape index (κ1) is 34.6. The molecule has 40 heavy (non-hydrogen) atoms. The van der Waals surface area contributed by atoms with Crippen molar-refractivity contribution in [1.29, 1.82) is 0 Å². The van der Waals surface area contributed by atoms with E-state index in [1.54, 1.807) is 0 Å². The summed E-state index contributed by atoms with van der Waals surface area (Å²) >= 11 is 0. The van der Waals surface area contributed by atoms with Crippen molar-refractivity contribution in [3.8, 4) is 0 Å². The summed E-state index contributed by atoms with van der Waals surface area (Å²) in [5.74, 6) is -1.11. The molecule has 232 valence electrons. The molecule has 2 fully saturated rings. The molecule has 0 aromatic carbocycles. The lowest BCUT2D eigenvalue weighted by molar-refractivity contribution is -0.333. The molecule has 19 nitrogen and oxygen atoms in total. The number of azide groups is 1. The standard InChI is InChI=1S/C21H37N3O16/c1-2-6(23-24-22)10(27)14(31)15(32)11(28)7(26)4-37-20-19(36)17(34)13(30)9(40-20)5-38-21-18(35)16(33)12(29)8(3-25)39-21/h6-9,11-21,25-26,28-36H,2-5H2,1H3/t6?,7-,8-,9-,11-,12-,13-,14+,15+,16+,17+,18-,19-,20+,21+/m1/s1. The number of nitrogens with zero attached hydrogens (tertiary/aromatic N) is 3. The minimum absolute atomic E-state index is 0.0131. The fourth-order valence-corrected chi connectivity index (χ4v) is 4.06. The summed E-state index contributed by atoms with van der Waals surface area (Å²) in [7, 11) is 0. The summed E-state index contributed by atoms with van der Waals surface area (Å²) in [5, 5.41) is 113. The largest absolute Gasteiger partial charge is 0.394 e. The van der Waals surface area contributed by atoms with Crippen LogP contribution in [0.2, 0.25) is 0 Å². The first-order valence-corrected chi connectivity index (χ1v) is 12.3. The van der Waals surface area contributed by atoms with E-state index in [2.05, 4.69) is 10.0 Å². The van der Waals surface area contributed by atoms with Gasteiger partial charge in [0.15, 0.2) is 18.4 Å². The molecule has 0 aromatic rings. The summed E-state index contributed by atoms with van der Waals surface area (Å²) in [6, 6.07) is -1.34. The van der Waals surface area contributed by atoms with Gasteiger partial charge in [-0.2, -0.15) is 0 Å². The van der Waals surface area contributed by atoms with Crippen LogP contribution < -0.4 is 0 Å². The number of carbonyl (C=O) groups excluding carboxylic acids is 1. The third-order valence-electron chi connectivity index (χ3n) is 6.64. The van der Waals surface area contributed by atoms with Crippen LogP contribution in [0.15, 0.2) is 5.11 Å². The van der Waals surface area contributed by atoms with Crippen molar-refractivity contribution < 1.29 is 79.9 Å². The van der Waals surface area contributed by atoms with Gasteiger partial charge in [0.25, 0.3) is 0 Å². The van der Waals surface area contributed by atoms with Crippen LogP contribution in [0.1, 0.15) is 13.3 Å². The number of aliphatic hydroxyl groups excluding tert-OH is 11. The second-order valence-electron chi connectivity index (χ2n) is 9.40. The van der Waals surface area contributed by atoms with Gasteiger partial charge in [0.2, 0.25) is 0 Å². The van der Waals surface area contributed by atoms with Gasteiger partial charge in [-0.25, -0.2) is 0 Å². The summed E-state index contributed by atoms with van der Waals surface area (Å²) in [5.41, 5.74) is 8.49. The number of rotatable bonds is 14. The van der Waals surface area contributed by atoms with Gasteiger partial charge in [0, 0.05) is 4.91 Å². The fourth-order valence-electron chi connectivity index (χ4n) is 4.06. The maximum Gasteiger partial charge on any atom is 0.186 e. The van der Waals surface area contributed by atoms with Crippen LogP contribution in [-0.2, 0) is 23.7 Å². The number of ketones is 1. The van der Waals surface area contributed by atoms with Crippen molar-refractivity contribution in [1.82, 2.24) is 0 Å². The molecule has 2 saturated heterocycles. The van der Waals surface area contributed by atoms with Crippen molar-refractivity contribution in [2.75, 3.05) is 19.8 Å². The van der Waals surface area contributed by atoms with Gasteiger partial charge in [-0.3, -0.25) is 4.79 Å². The van der Waals surface area contributed by atoms with Crippen molar-refractivity contribution in [3.05, 3.63) is 10.4 Å². The number of hydrogen-bond acceptors (Lipinski definition) is 17. The predicted molar refractivity (Wildman–Crippen MR) is 125 cm³/mol. The van der Waals surface area contributed by atoms with E-state index < -0.39 is 117 Å². The maximum absolute atomic E-state index is 12.2. The molecule has 0 radical (unpaired) electrons. The molecule has 0 amide bonds. The van der Waals surface area contributed by atoms with Gasteiger partial charge >= 0.3 is 0 Å². The molecular weight excluding hydrogens is 550 g/mol. The molecule has 11 N–H and O–H groups in total. The second-order valence-corrected chi connectivity index (χ2v) is 9.40. The Morgan fingerprint density at radius 2 is 1.38 bits per heavy atom. The Morgan fingerprint density at radius 3 is 1.90 bits per heavy atom. The fraction of sp³-hybridized carbons (Fsp3) is 0.952. The highest BCUT2D eigenvalue weighted by Crippen LogP contribution is 2.26. The Kier molecular flexibility index (Phi) is 13.5. The first-order valence-electron chi connectivity index (χ1n) is 12.3. The SMILES string of the molecule is CCC(N=[N+]=[N-])C(=O)[C@H](O)[C@@H](O)[C@H](O)[C@H](O)CO[C@H]1O[C@H](CO[C@H]2O[C@H](CO)[C@@H](O)[C@H](O)[C@H]2O)[C@@H](O)[C@H](O)[C@H]1O. The third kappa shape index (κ3) is 8.01. The van der Waals surface area contributed by atoms with E-state index in [0.29, 0.717) is 0 Å². The van der Waals surface area contributed by atoms with Crippen LogP contribution in [0.3, 0.4) is 0 Å². The zero-order valence-electron chi connectivity index (χ0n) is 21.3. The molecule has 0 bridgehead atoms. The molecule has 0 saturated carbocycles. The first-order chi connectivity index (χ1) is 18.8. The summed E-state index contributed by atoms with van der Waals surface area (Å²) in [6.45, 7) is -0.791. The monoisotopic (exact) mass is 587 g/mol. The number of Topliss-reactive ketones (excluding diaryl/α,β-unsaturated/α-hetero) is 1.